The van der Waals surface area contributed by atoms with Gasteiger partial charge >= 0.3 is 0 Å². The van der Waals surface area contributed by atoms with Gasteiger partial charge in [0.15, 0.2) is 5.78 Å². The molecule has 0 heterocycles. The van der Waals surface area contributed by atoms with E-state index in [1.165, 1.54) is 18.4 Å². The highest BCUT2D eigenvalue weighted by molar-refractivity contribution is 6.03. The molecule has 3 aliphatic rings. The first-order valence-electron chi connectivity index (χ1n) is 6.81. The van der Waals surface area contributed by atoms with Crippen molar-refractivity contribution in [3.05, 3.63) is 41.5 Å². The molecule has 0 radical (unpaired) electrons. The number of carbonyl (C=O) groups excluding carboxylic acids is 1. The summed E-state index contributed by atoms with van der Waals surface area (Å²) in [5.41, 5.74) is 8.97. The molecule has 2 heteroatoms. The molecule has 0 saturated heterocycles. The highest BCUT2D eigenvalue weighted by atomic mass is 16.1. The fraction of sp³-hybridized carbons (Fsp3) is 0.438. The van der Waals surface area contributed by atoms with Crippen molar-refractivity contribution >= 4 is 11.5 Å². The molecule has 0 aliphatic heterocycles. The number of nitrogen functional groups attached to an aromatic ring is 1. The molecule has 1 aromatic rings. The Bertz CT molecular complexity index is 574. The van der Waals surface area contributed by atoms with Crippen molar-refractivity contribution in [2.75, 3.05) is 5.73 Å². The first-order valence-corrected chi connectivity index (χ1v) is 6.81. The van der Waals surface area contributed by atoms with E-state index in [1.807, 2.05) is 12.1 Å². The Labute approximate surface area is 107 Å². The first-order chi connectivity index (χ1) is 8.71. The zero-order valence-corrected chi connectivity index (χ0v) is 10.4. The van der Waals surface area contributed by atoms with E-state index in [0.717, 1.165) is 17.9 Å². The van der Waals surface area contributed by atoms with Crippen molar-refractivity contribution in [1.82, 2.24) is 0 Å². The number of rotatable bonds is 0. The van der Waals surface area contributed by atoms with Gasteiger partial charge in [0.1, 0.15) is 0 Å². The molecule has 1 spiro atoms. The molecule has 4 rings (SSSR count). The van der Waals surface area contributed by atoms with Gasteiger partial charge in [0.25, 0.3) is 0 Å². The molecule has 0 aromatic heterocycles. The van der Waals surface area contributed by atoms with E-state index in [2.05, 4.69) is 18.2 Å². The molecule has 3 aliphatic carbocycles. The summed E-state index contributed by atoms with van der Waals surface area (Å²) in [7, 11) is 0. The van der Waals surface area contributed by atoms with Crippen LogP contribution >= 0.6 is 0 Å². The summed E-state index contributed by atoms with van der Waals surface area (Å²) in [5, 5.41) is 0. The van der Waals surface area contributed by atoms with Crippen molar-refractivity contribution in [2.24, 2.45) is 11.8 Å². The van der Waals surface area contributed by atoms with Gasteiger partial charge in [-0.05, 0) is 42.7 Å². The van der Waals surface area contributed by atoms with E-state index in [-0.39, 0.29) is 11.2 Å². The summed E-state index contributed by atoms with van der Waals surface area (Å²) in [4.78, 5) is 12.2. The Kier molecular flexibility index (Phi) is 1.87. The monoisotopic (exact) mass is 239 g/mol. The number of anilines is 1. The highest BCUT2D eigenvalue weighted by Crippen LogP contribution is 2.58. The number of fused-ring (bicyclic) bond motifs is 5. The molecule has 2 N–H and O–H groups in total. The third-order valence-corrected chi connectivity index (χ3v) is 5.22. The normalized spacial score (nSPS) is 36.3. The molecule has 1 saturated carbocycles. The van der Waals surface area contributed by atoms with E-state index in [1.54, 1.807) is 0 Å². The van der Waals surface area contributed by atoms with E-state index in [0.29, 0.717) is 18.0 Å². The van der Waals surface area contributed by atoms with Crippen molar-refractivity contribution in [3.8, 4) is 0 Å². The Morgan fingerprint density at radius 2 is 2.17 bits per heavy atom. The Morgan fingerprint density at radius 3 is 2.89 bits per heavy atom. The van der Waals surface area contributed by atoms with Crippen LogP contribution in [0.25, 0.3) is 0 Å². The van der Waals surface area contributed by atoms with Crippen LogP contribution < -0.4 is 5.73 Å². The second-order valence-corrected chi connectivity index (χ2v) is 6.04. The van der Waals surface area contributed by atoms with Gasteiger partial charge in [-0.25, -0.2) is 0 Å². The van der Waals surface area contributed by atoms with Crippen LogP contribution in [0, 0.1) is 11.8 Å². The number of hydrogen-bond acceptors (Lipinski definition) is 2. The second-order valence-electron chi connectivity index (χ2n) is 6.04. The molecule has 18 heavy (non-hydrogen) atoms. The predicted octanol–water partition coefficient (Wildman–Crippen LogP) is 3.08. The van der Waals surface area contributed by atoms with E-state index < -0.39 is 0 Å². The summed E-state index contributed by atoms with van der Waals surface area (Å²) >= 11 is 0. The van der Waals surface area contributed by atoms with Gasteiger partial charge in [-0.2, -0.15) is 0 Å². The van der Waals surface area contributed by atoms with Crippen LogP contribution in [0.1, 0.15) is 41.6 Å². The van der Waals surface area contributed by atoms with Gasteiger partial charge in [0.2, 0.25) is 0 Å². The molecular formula is C16H17NO. The summed E-state index contributed by atoms with van der Waals surface area (Å²) in [5.74, 6) is 1.58. The highest BCUT2D eigenvalue weighted by Gasteiger charge is 2.52. The quantitative estimate of drug-likeness (QED) is 0.558. The van der Waals surface area contributed by atoms with Gasteiger partial charge in [-0.1, -0.05) is 24.3 Å². The molecule has 92 valence electrons. The Hall–Kier alpha value is -1.57. The molecular weight excluding hydrogens is 222 g/mol. The topological polar surface area (TPSA) is 43.1 Å². The largest absolute Gasteiger partial charge is 0.398 e. The number of ketones is 1. The Morgan fingerprint density at radius 1 is 1.28 bits per heavy atom. The minimum atomic E-state index is 0.206. The number of carbonyl (C=O) groups is 1. The average Bonchev–Trinajstić information content (AvgIpc) is 2.95. The Balaban J connectivity index is 1.95. The number of allylic oxidation sites excluding steroid dienone is 2. The lowest BCUT2D eigenvalue weighted by Crippen LogP contribution is -2.37. The molecule has 1 fully saturated rings. The third kappa shape index (κ3) is 1.11. The summed E-state index contributed by atoms with van der Waals surface area (Å²) in [6.07, 6.45) is 8.88. The zero-order chi connectivity index (χ0) is 12.3. The van der Waals surface area contributed by atoms with Gasteiger partial charge in [-0.15, -0.1) is 0 Å². The standard InChI is InChI=1S/C16H17NO/c17-13-3-1-2-12-15(13)14(18)6-7-16(12)9-10-4-5-11(16)8-10/h1-5,10-11H,6-9,17H2. The van der Waals surface area contributed by atoms with Crippen molar-refractivity contribution < 1.29 is 4.79 Å². The van der Waals surface area contributed by atoms with E-state index >= 15 is 0 Å². The van der Waals surface area contributed by atoms with Crippen LogP contribution in [0.4, 0.5) is 5.69 Å². The smallest absolute Gasteiger partial charge is 0.165 e. The fourth-order valence-corrected chi connectivity index (χ4v) is 4.44. The number of hydrogen-bond donors (Lipinski definition) is 1. The van der Waals surface area contributed by atoms with Crippen LogP contribution in [0.15, 0.2) is 30.4 Å². The summed E-state index contributed by atoms with van der Waals surface area (Å²) in [6, 6.07) is 6.00. The summed E-state index contributed by atoms with van der Waals surface area (Å²) in [6.45, 7) is 0. The van der Waals surface area contributed by atoms with E-state index in [9.17, 15) is 4.79 Å². The SMILES string of the molecule is Nc1cccc2c1C(=O)CCC21CC2C=CC1C2. The van der Waals surface area contributed by atoms with Gasteiger partial charge in [-0.3, -0.25) is 4.79 Å². The lowest BCUT2D eigenvalue weighted by molar-refractivity contribution is 0.0945. The van der Waals surface area contributed by atoms with Crippen molar-refractivity contribution in [3.63, 3.8) is 0 Å². The molecule has 3 unspecified atom stereocenters. The van der Waals surface area contributed by atoms with Crippen LogP contribution in [-0.4, -0.2) is 5.78 Å². The van der Waals surface area contributed by atoms with E-state index in [4.69, 9.17) is 5.73 Å². The maximum atomic E-state index is 12.2. The van der Waals surface area contributed by atoms with Crippen LogP contribution in [0.3, 0.4) is 0 Å². The van der Waals surface area contributed by atoms with Gasteiger partial charge < -0.3 is 5.73 Å². The summed E-state index contributed by atoms with van der Waals surface area (Å²) < 4.78 is 0. The van der Waals surface area contributed by atoms with Crippen molar-refractivity contribution in [2.45, 2.75) is 31.1 Å². The lowest BCUT2D eigenvalue weighted by atomic mass is 9.62. The fourth-order valence-electron chi connectivity index (χ4n) is 4.44. The first kappa shape index (κ1) is 10.4. The number of Topliss-reactive ketones (excluding diaryl/α,β-unsaturated/α-hetero) is 1. The third-order valence-electron chi connectivity index (χ3n) is 5.22. The molecule has 0 amide bonds. The zero-order valence-electron chi connectivity index (χ0n) is 10.4. The number of benzene rings is 1. The molecule has 2 bridgehead atoms. The lowest BCUT2D eigenvalue weighted by Gasteiger charge is -2.40. The van der Waals surface area contributed by atoms with Crippen LogP contribution in [-0.2, 0) is 5.41 Å². The van der Waals surface area contributed by atoms with Gasteiger partial charge in [0.05, 0.1) is 0 Å². The molecule has 3 atom stereocenters. The maximum Gasteiger partial charge on any atom is 0.165 e. The van der Waals surface area contributed by atoms with Crippen LogP contribution in [0.5, 0.6) is 0 Å². The maximum absolute atomic E-state index is 12.2. The second kappa shape index (κ2) is 3.25. The minimum Gasteiger partial charge on any atom is -0.398 e. The number of nitrogens with two attached hydrogens (primary N) is 1. The van der Waals surface area contributed by atoms with Crippen molar-refractivity contribution in [1.29, 1.82) is 0 Å². The minimum absolute atomic E-state index is 0.206. The molecule has 2 nitrogen and oxygen atoms in total. The molecule has 1 aromatic carbocycles. The average molecular weight is 239 g/mol. The van der Waals surface area contributed by atoms with Crippen LogP contribution in [0.2, 0.25) is 0 Å². The predicted molar refractivity (Wildman–Crippen MR) is 71.5 cm³/mol. The van der Waals surface area contributed by atoms with Gasteiger partial charge in [0, 0.05) is 23.1 Å².